The maximum absolute atomic E-state index is 13.4. The molecule has 0 aliphatic heterocycles. The van der Waals surface area contributed by atoms with Crippen molar-refractivity contribution in [3.8, 4) is 6.07 Å². The van der Waals surface area contributed by atoms with Crippen LogP contribution in [0.4, 0.5) is 10.1 Å². The lowest BCUT2D eigenvalue weighted by Crippen LogP contribution is -2.13. The number of nitrogens with zero attached hydrogens (tertiary/aromatic N) is 1. The molecule has 0 aliphatic rings. The number of benzene rings is 1. The van der Waals surface area contributed by atoms with Gasteiger partial charge in [-0.25, -0.2) is 4.39 Å². The highest BCUT2D eigenvalue weighted by molar-refractivity contribution is 9.10. The average molecular weight is 273 g/mol. The van der Waals surface area contributed by atoms with E-state index in [-0.39, 0.29) is 22.3 Å². The summed E-state index contributed by atoms with van der Waals surface area (Å²) in [7, 11) is 0. The van der Waals surface area contributed by atoms with Crippen molar-refractivity contribution < 1.29 is 14.3 Å². The van der Waals surface area contributed by atoms with E-state index in [0.29, 0.717) is 0 Å². The summed E-state index contributed by atoms with van der Waals surface area (Å²) in [4.78, 5) is 10.2. The summed E-state index contributed by atoms with van der Waals surface area (Å²) in [5, 5.41) is 19.4. The molecule has 0 saturated carbocycles. The van der Waals surface area contributed by atoms with E-state index in [1.165, 1.54) is 12.1 Å². The van der Waals surface area contributed by atoms with E-state index in [4.69, 9.17) is 10.4 Å². The molecule has 1 aromatic carbocycles. The van der Waals surface area contributed by atoms with Gasteiger partial charge in [0.05, 0.1) is 15.7 Å². The second-order valence-electron chi connectivity index (χ2n) is 2.65. The molecular formula is C9H6BrFN2O2. The van der Waals surface area contributed by atoms with Gasteiger partial charge in [0.25, 0.3) is 0 Å². The van der Waals surface area contributed by atoms with Crippen LogP contribution in [-0.4, -0.2) is 17.6 Å². The van der Waals surface area contributed by atoms with Crippen LogP contribution in [0.15, 0.2) is 16.6 Å². The van der Waals surface area contributed by atoms with Crippen LogP contribution >= 0.6 is 15.9 Å². The van der Waals surface area contributed by atoms with Gasteiger partial charge in [0.2, 0.25) is 0 Å². The highest BCUT2D eigenvalue weighted by atomic mass is 79.9. The summed E-state index contributed by atoms with van der Waals surface area (Å²) >= 11 is 2.91. The number of nitriles is 1. The van der Waals surface area contributed by atoms with Crippen LogP contribution in [0.2, 0.25) is 0 Å². The van der Waals surface area contributed by atoms with Crippen molar-refractivity contribution in [2.45, 2.75) is 0 Å². The molecule has 2 N–H and O–H groups in total. The van der Waals surface area contributed by atoms with Crippen LogP contribution in [0.3, 0.4) is 0 Å². The number of hydrogen-bond acceptors (Lipinski definition) is 3. The lowest BCUT2D eigenvalue weighted by Gasteiger charge is -2.06. The van der Waals surface area contributed by atoms with Gasteiger partial charge in [0.1, 0.15) is 12.6 Å². The van der Waals surface area contributed by atoms with Gasteiger partial charge in [0, 0.05) is 0 Å². The fourth-order valence-corrected chi connectivity index (χ4v) is 1.38. The lowest BCUT2D eigenvalue weighted by atomic mass is 10.2. The number of rotatable bonds is 3. The fraction of sp³-hybridized carbons (Fsp3) is 0.111. The topological polar surface area (TPSA) is 73.1 Å². The third kappa shape index (κ3) is 2.67. The number of carboxylic acids is 1. The smallest absolute Gasteiger partial charge is 0.322 e. The lowest BCUT2D eigenvalue weighted by molar-refractivity contribution is -0.134. The van der Waals surface area contributed by atoms with Crippen LogP contribution < -0.4 is 5.32 Å². The number of aliphatic carboxylic acids is 1. The Bertz CT molecular complexity index is 442. The molecule has 0 saturated heterocycles. The number of carbonyl (C=O) groups is 1. The minimum absolute atomic E-state index is 0.0281. The minimum Gasteiger partial charge on any atom is -0.480 e. The third-order valence-electron chi connectivity index (χ3n) is 1.63. The SMILES string of the molecule is N#Cc1ccc(NCC(=O)O)c(F)c1Br. The molecule has 0 unspecified atom stereocenters. The molecule has 0 spiro atoms. The first kappa shape index (κ1) is 11.5. The van der Waals surface area contributed by atoms with Crippen LogP contribution in [0.5, 0.6) is 0 Å². The summed E-state index contributed by atoms with van der Waals surface area (Å²) in [5.74, 6) is -1.76. The van der Waals surface area contributed by atoms with Gasteiger partial charge in [-0.2, -0.15) is 5.26 Å². The second kappa shape index (κ2) is 4.75. The van der Waals surface area contributed by atoms with Crippen molar-refractivity contribution in [1.82, 2.24) is 0 Å². The highest BCUT2D eigenvalue weighted by Gasteiger charge is 2.11. The maximum Gasteiger partial charge on any atom is 0.322 e. The molecule has 78 valence electrons. The molecule has 6 heteroatoms. The molecule has 0 aliphatic carbocycles. The largest absolute Gasteiger partial charge is 0.480 e. The molecule has 0 aromatic heterocycles. The van der Waals surface area contributed by atoms with Crippen LogP contribution in [0.1, 0.15) is 5.56 Å². The molecule has 1 rings (SSSR count). The fourth-order valence-electron chi connectivity index (χ4n) is 0.943. The van der Waals surface area contributed by atoms with Crippen molar-refractivity contribution in [3.05, 3.63) is 28.0 Å². The Kier molecular flexibility index (Phi) is 3.63. The number of hydrogen-bond donors (Lipinski definition) is 2. The number of anilines is 1. The monoisotopic (exact) mass is 272 g/mol. The van der Waals surface area contributed by atoms with Crippen LogP contribution in [0, 0.1) is 17.1 Å². The minimum atomic E-state index is -1.09. The molecule has 1 aromatic rings. The molecule has 0 fully saturated rings. The van der Waals surface area contributed by atoms with E-state index in [9.17, 15) is 9.18 Å². The molecule has 0 atom stereocenters. The first-order valence-electron chi connectivity index (χ1n) is 3.90. The van der Waals surface area contributed by atoms with E-state index in [2.05, 4.69) is 21.2 Å². The molecule has 0 heterocycles. The number of halogens is 2. The summed E-state index contributed by atoms with van der Waals surface area (Å²) in [6.07, 6.45) is 0. The third-order valence-corrected chi connectivity index (χ3v) is 2.41. The Morgan fingerprint density at radius 2 is 2.33 bits per heavy atom. The number of nitrogens with one attached hydrogen (secondary N) is 1. The first-order valence-corrected chi connectivity index (χ1v) is 4.69. The Morgan fingerprint density at radius 1 is 1.67 bits per heavy atom. The van der Waals surface area contributed by atoms with E-state index in [1.807, 2.05) is 0 Å². The first-order chi connectivity index (χ1) is 7.06. The normalized spacial score (nSPS) is 9.40. The summed E-state index contributed by atoms with van der Waals surface area (Å²) in [6, 6.07) is 4.52. The van der Waals surface area contributed by atoms with Gasteiger partial charge in [0.15, 0.2) is 5.82 Å². The zero-order chi connectivity index (χ0) is 11.4. The van der Waals surface area contributed by atoms with E-state index >= 15 is 0 Å². The van der Waals surface area contributed by atoms with Crippen LogP contribution in [-0.2, 0) is 4.79 Å². The predicted molar refractivity (Wildman–Crippen MR) is 54.9 cm³/mol. The van der Waals surface area contributed by atoms with Crippen molar-refractivity contribution >= 4 is 27.6 Å². The highest BCUT2D eigenvalue weighted by Crippen LogP contribution is 2.26. The van der Waals surface area contributed by atoms with Gasteiger partial charge in [-0.1, -0.05) is 0 Å². The molecule has 0 amide bonds. The standard InChI is InChI=1S/C9H6BrFN2O2/c10-8-5(3-12)1-2-6(9(8)11)13-4-7(14)15/h1-2,13H,4H2,(H,14,15). The van der Waals surface area contributed by atoms with Crippen molar-refractivity contribution in [2.24, 2.45) is 0 Å². The number of carboxylic acid groups (broad SMARTS) is 1. The van der Waals surface area contributed by atoms with E-state index in [1.54, 1.807) is 6.07 Å². The van der Waals surface area contributed by atoms with Crippen molar-refractivity contribution in [3.63, 3.8) is 0 Å². The van der Waals surface area contributed by atoms with Gasteiger partial charge >= 0.3 is 5.97 Å². The summed E-state index contributed by atoms with van der Waals surface area (Å²) in [6.45, 7) is -0.380. The predicted octanol–water partition coefficient (Wildman–Crippen LogP) is 1.96. The zero-order valence-electron chi connectivity index (χ0n) is 7.42. The van der Waals surface area contributed by atoms with Crippen LogP contribution in [0.25, 0.3) is 0 Å². The van der Waals surface area contributed by atoms with Gasteiger partial charge in [-0.15, -0.1) is 0 Å². The summed E-state index contributed by atoms with van der Waals surface area (Å²) in [5.41, 5.74) is 0.205. The maximum atomic E-state index is 13.4. The molecule has 0 bridgehead atoms. The molecular weight excluding hydrogens is 267 g/mol. The Morgan fingerprint density at radius 3 is 2.87 bits per heavy atom. The van der Waals surface area contributed by atoms with Gasteiger partial charge in [-0.3, -0.25) is 4.79 Å². The molecule has 0 radical (unpaired) electrons. The Labute approximate surface area is 93.5 Å². The molecule has 4 nitrogen and oxygen atoms in total. The quantitative estimate of drug-likeness (QED) is 0.882. The second-order valence-corrected chi connectivity index (χ2v) is 3.44. The Balaban J connectivity index is 2.98. The zero-order valence-corrected chi connectivity index (χ0v) is 9.01. The van der Waals surface area contributed by atoms with Crippen molar-refractivity contribution in [2.75, 3.05) is 11.9 Å². The summed E-state index contributed by atoms with van der Waals surface area (Å²) < 4.78 is 13.5. The van der Waals surface area contributed by atoms with E-state index in [0.717, 1.165) is 0 Å². The van der Waals surface area contributed by atoms with Gasteiger partial charge < -0.3 is 10.4 Å². The average Bonchev–Trinajstić information content (AvgIpc) is 2.20. The van der Waals surface area contributed by atoms with Crippen molar-refractivity contribution in [1.29, 1.82) is 5.26 Å². The molecule has 15 heavy (non-hydrogen) atoms. The Hall–Kier alpha value is -1.61. The van der Waals surface area contributed by atoms with Gasteiger partial charge in [-0.05, 0) is 28.1 Å². The van der Waals surface area contributed by atoms with E-state index < -0.39 is 11.8 Å².